The van der Waals surface area contributed by atoms with Crippen molar-refractivity contribution in [1.29, 1.82) is 0 Å². The van der Waals surface area contributed by atoms with E-state index < -0.39 is 0 Å². The first-order valence-corrected chi connectivity index (χ1v) is 9.86. The zero-order valence-corrected chi connectivity index (χ0v) is 16.4. The summed E-state index contributed by atoms with van der Waals surface area (Å²) in [4.78, 5) is 15.0. The van der Waals surface area contributed by atoms with E-state index in [0.717, 1.165) is 34.2 Å². The van der Waals surface area contributed by atoms with Gasteiger partial charge in [0.1, 0.15) is 11.6 Å². The Bertz CT molecular complexity index is 1310. The van der Waals surface area contributed by atoms with Crippen molar-refractivity contribution in [1.82, 2.24) is 19.9 Å². The van der Waals surface area contributed by atoms with Gasteiger partial charge in [-0.05, 0) is 39.6 Å². The first kappa shape index (κ1) is 18.3. The van der Waals surface area contributed by atoms with Crippen LogP contribution in [0.5, 0.6) is 0 Å². The van der Waals surface area contributed by atoms with Crippen molar-refractivity contribution in [2.24, 2.45) is 11.5 Å². The molecule has 2 aromatic heterocycles. The van der Waals surface area contributed by atoms with E-state index in [4.69, 9.17) is 11.5 Å². The van der Waals surface area contributed by atoms with Crippen molar-refractivity contribution >= 4 is 10.8 Å². The molecule has 0 spiro atoms. The molecule has 148 valence electrons. The molecule has 0 bridgehead atoms. The van der Waals surface area contributed by atoms with Crippen LogP contribution in [0.3, 0.4) is 0 Å². The lowest BCUT2D eigenvalue weighted by atomic mass is 9.98. The smallest absolute Gasteiger partial charge is 0.120 e. The van der Waals surface area contributed by atoms with Crippen LogP contribution in [-0.4, -0.2) is 19.9 Å². The summed E-state index contributed by atoms with van der Waals surface area (Å²) in [6.07, 6.45) is 3.65. The van der Waals surface area contributed by atoms with Gasteiger partial charge in [0, 0.05) is 5.56 Å². The molecule has 0 aliphatic heterocycles. The van der Waals surface area contributed by atoms with Crippen LogP contribution in [0.25, 0.3) is 44.4 Å². The number of nitrogens with one attached hydrogen (secondary N) is 2. The number of rotatable bonds is 5. The molecule has 2 heterocycles. The van der Waals surface area contributed by atoms with Gasteiger partial charge in [0.2, 0.25) is 0 Å². The van der Waals surface area contributed by atoms with Gasteiger partial charge in [-0.25, -0.2) is 9.97 Å². The van der Waals surface area contributed by atoms with Gasteiger partial charge in [-0.15, -0.1) is 0 Å². The Labute approximate surface area is 174 Å². The summed E-state index contributed by atoms with van der Waals surface area (Å²) in [5.74, 6) is 1.58. The third-order valence-electron chi connectivity index (χ3n) is 5.32. The lowest BCUT2D eigenvalue weighted by Crippen LogP contribution is -1.97. The lowest BCUT2D eigenvalue weighted by molar-refractivity contribution is 0.950. The molecule has 0 aliphatic carbocycles. The second-order valence-corrected chi connectivity index (χ2v) is 7.25. The molecule has 0 unspecified atom stereocenters. The van der Waals surface area contributed by atoms with Crippen molar-refractivity contribution in [2.45, 2.75) is 13.1 Å². The highest BCUT2D eigenvalue weighted by Gasteiger charge is 2.06. The Balaban J connectivity index is 1.43. The number of nitrogens with zero attached hydrogens (tertiary/aromatic N) is 2. The van der Waals surface area contributed by atoms with Crippen molar-refractivity contribution in [3.05, 3.63) is 84.7 Å². The minimum atomic E-state index is 0.407. The number of aromatic nitrogens is 4. The van der Waals surface area contributed by atoms with Crippen LogP contribution >= 0.6 is 0 Å². The minimum absolute atomic E-state index is 0.407. The molecule has 0 amide bonds. The van der Waals surface area contributed by atoms with E-state index in [0.29, 0.717) is 13.1 Å². The lowest BCUT2D eigenvalue weighted by Gasteiger charge is -2.07. The van der Waals surface area contributed by atoms with Crippen LogP contribution in [0, 0.1) is 0 Å². The summed E-state index contributed by atoms with van der Waals surface area (Å²) in [7, 11) is 0. The molecular formula is C24H22N6. The predicted octanol–water partition coefficient (Wildman–Crippen LogP) is 4.20. The van der Waals surface area contributed by atoms with E-state index in [2.05, 4.69) is 80.6 Å². The zero-order chi connectivity index (χ0) is 20.5. The molecule has 6 nitrogen and oxygen atoms in total. The van der Waals surface area contributed by atoms with Crippen molar-refractivity contribution in [3.8, 4) is 33.6 Å². The second kappa shape index (κ2) is 7.59. The first-order chi connectivity index (χ1) is 14.7. The molecule has 6 heteroatoms. The minimum Gasteiger partial charge on any atom is -0.341 e. The number of hydrogen-bond donors (Lipinski definition) is 4. The monoisotopic (exact) mass is 394 g/mol. The maximum absolute atomic E-state index is 5.65. The van der Waals surface area contributed by atoms with Crippen LogP contribution in [0.4, 0.5) is 0 Å². The Kier molecular flexibility index (Phi) is 4.63. The summed E-state index contributed by atoms with van der Waals surface area (Å²) in [6.45, 7) is 0.815. The van der Waals surface area contributed by atoms with Crippen LogP contribution in [0.2, 0.25) is 0 Å². The summed E-state index contributed by atoms with van der Waals surface area (Å²) in [6, 6.07) is 21.4. The van der Waals surface area contributed by atoms with E-state index in [9.17, 15) is 0 Å². The predicted molar refractivity (Wildman–Crippen MR) is 120 cm³/mol. The second-order valence-electron chi connectivity index (χ2n) is 7.25. The number of nitrogens with two attached hydrogens (primary N) is 2. The summed E-state index contributed by atoms with van der Waals surface area (Å²) >= 11 is 0. The number of benzene rings is 3. The van der Waals surface area contributed by atoms with Gasteiger partial charge in [-0.2, -0.15) is 0 Å². The number of fused-ring (bicyclic) bond motifs is 1. The van der Waals surface area contributed by atoms with E-state index >= 15 is 0 Å². The molecule has 0 aliphatic rings. The van der Waals surface area contributed by atoms with Gasteiger partial charge in [0.05, 0.1) is 36.9 Å². The maximum Gasteiger partial charge on any atom is 0.120 e. The number of H-pyrrole nitrogens is 2. The number of aromatic amines is 2. The molecule has 0 saturated heterocycles. The van der Waals surface area contributed by atoms with Crippen LogP contribution in [-0.2, 0) is 13.1 Å². The van der Waals surface area contributed by atoms with E-state index in [1.807, 2.05) is 12.4 Å². The molecule has 5 aromatic rings. The number of imidazole rings is 2. The Hall–Kier alpha value is -3.74. The highest BCUT2D eigenvalue weighted by atomic mass is 14.9. The molecule has 0 saturated carbocycles. The molecule has 0 radical (unpaired) electrons. The molecule has 6 N–H and O–H groups in total. The summed E-state index contributed by atoms with van der Waals surface area (Å²) in [5, 5.41) is 2.38. The number of hydrogen-bond acceptors (Lipinski definition) is 4. The molecule has 3 aromatic carbocycles. The van der Waals surface area contributed by atoms with Gasteiger partial charge in [-0.3, -0.25) is 0 Å². The van der Waals surface area contributed by atoms with Crippen molar-refractivity contribution < 1.29 is 0 Å². The molecule has 5 rings (SSSR count). The molecule has 0 atom stereocenters. The molecule has 30 heavy (non-hydrogen) atoms. The van der Waals surface area contributed by atoms with Crippen molar-refractivity contribution in [3.63, 3.8) is 0 Å². The van der Waals surface area contributed by atoms with Gasteiger partial charge in [-0.1, -0.05) is 48.5 Å². The summed E-state index contributed by atoms with van der Waals surface area (Å²) in [5.41, 5.74) is 17.8. The topological polar surface area (TPSA) is 109 Å². The fourth-order valence-electron chi connectivity index (χ4n) is 3.66. The summed E-state index contributed by atoms with van der Waals surface area (Å²) < 4.78 is 0. The molecule has 0 fully saturated rings. The van der Waals surface area contributed by atoms with Gasteiger partial charge < -0.3 is 21.4 Å². The highest BCUT2D eigenvalue weighted by molar-refractivity contribution is 5.90. The average molecular weight is 394 g/mol. The third-order valence-corrected chi connectivity index (χ3v) is 5.32. The Morgan fingerprint density at radius 3 is 1.60 bits per heavy atom. The fourth-order valence-corrected chi connectivity index (χ4v) is 3.66. The van der Waals surface area contributed by atoms with Gasteiger partial charge in [0.15, 0.2) is 0 Å². The van der Waals surface area contributed by atoms with Crippen molar-refractivity contribution in [2.75, 3.05) is 0 Å². The van der Waals surface area contributed by atoms with E-state index in [-0.39, 0.29) is 0 Å². The van der Waals surface area contributed by atoms with Crippen LogP contribution in [0.1, 0.15) is 11.6 Å². The Morgan fingerprint density at radius 1 is 0.567 bits per heavy atom. The van der Waals surface area contributed by atoms with Gasteiger partial charge in [0.25, 0.3) is 0 Å². The van der Waals surface area contributed by atoms with Gasteiger partial charge >= 0.3 is 0 Å². The normalized spacial score (nSPS) is 11.3. The first-order valence-electron chi connectivity index (χ1n) is 9.86. The Morgan fingerprint density at radius 2 is 1.03 bits per heavy atom. The van der Waals surface area contributed by atoms with Crippen LogP contribution in [0.15, 0.2) is 73.1 Å². The van der Waals surface area contributed by atoms with E-state index in [1.165, 1.54) is 21.9 Å². The zero-order valence-electron chi connectivity index (χ0n) is 16.4. The quantitative estimate of drug-likeness (QED) is 0.358. The molecular weight excluding hydrogens is 372 g/mol. The maximum atomic E-state index is 5.65. The SMILES string of the molecule is NCc1ncc(-c2ccc(-c3ccc4cc(-c5cnc(CN)[nH]5)ccc4c3)cc2)[nH]1. The third kappa shape index (κ3) is 3.39. The fraction of sp³-hybridized carbons (Fsp3) is 0.0833. The average Bonchev–Trinajstić information content (AvgIpc) is 3.48. The largest absolute Gasteiger partial charge is 0.341 e. The van der Waals surface area contributed by atoms with Crippen LogP contribution < -0.4 is 11.5 Å². The highest BCUT2D eigenvalue weighted by Crippen LogP contribution is 2.29. The standard InChI is InChI=1S/C24H22N6/c25-11-23-27-13-21(29-23)16-3-1-15(2-4-16)17-5-6-19-10-20(8-7-18(19)9-17)22-14-28-24(12-26)30-22/h1-10,13-14H,11-12,25-26H2,(H,27,29)(H,28,30). The van der Waals surface area contributed by atoms with E-state index in [1.54, 1.807) is 0 Å².